The first kappa shape index (κ1) is 19.8. The van der Waals surface area contributed by atoms with Gasteiger partial charge in [-0.2, -0.15) is 0 Å². The third kappa shape index (κ3) is 4.36. The van der Waals surface area contributed by atoms with Crippen molar-refractivity contribution in [1.29, 1.82) is 0 Å². The number of carboxylic acids is 1. The van der Waals surface area contributed by atoms with Crippen LogP contribution in [-0.2, 0) is 6.54 Å². The lowest BCUT2D eigenvalue weighted by Crippen LogP contribution is -2.19. The summed E-state index contributed by atoms with van der Waals surface area (Å²) in [5.74, 6) is -0.298. The molecule has 0 aliphatic heterocycles. The maximum atomic E-state index is 12.5. The van der Waals surface area contributed by atoms with Crippen molar-refractivity contribution in [3.05, 3.63) is 34.1 Å². The van der Waals surface area contributed by atoms with E-state index in [-0.39, 0.29) is 5.56 Å². The molecule has 0 saturated carbocycles. The number of nitrogens with zero attached hydrogens (tertiary/aromatic N) is 1. The van der Waals surface area contributed by atoms with Gasteiger partial charge in [0.1, 0.15) is 5.56 Å². The van der Waals surface area contributed by atoms with Crippen LogP contribution >= 0.6 is 0 Å². The summed E-state index contributed by atoms with van der Waals surface area (Å²) >= 11 is 0. The highest BCUT2D eigenvalue weighted by atomic mass is 16.5. The smallest absolute Gasteiger partial charge is 0.341 e. The zero-order valence-corrected chi connectivity index (χ0v) is 15.7. The highest BCUT2D eigenvalue weighted by Gasteiger charge is 2.17. The van der Waals surface area contributed by atoms with Gasteiger partial charge in [-0.1, -0.05) is 39.0 Å². The zero-order chi connectivity index (χ0) is 19.1. The fraction of sp³-hybridized carbons (Fsp3) is 0.500. The Hall–Kier alpha value is -2.50. The second-order valence-corrected chi connectivity index (χ2v) is 6.36. The monoisotopic (exact) mass is 361 g/mol. The summed E-state index contributed by atoms with van der Waals surface area (Å²) in [7, 11) is 3.02. The number of pyridine rings is 1. The van der Waals surface area contributed by atoms with Crippen LogP contribution in [0.25, 0.3) is 10.9 Å². The van der Waals surface area contributed by atoms with E-state index < -0.39 is 11.4 Å². The first-order chi connectivity index (χ1) is 12.5. The van der Waals surface area contributed by atoms with E-state index >= 15 is 0 Å². The van der Waals surface area contributed by atoms with Crippen LogP contribution in [-0.4, -0.2) is 29.9 Å². The number of hydrogen-bond acceptors (Lipinski definition) is 4. The maximum Gasteiger partial charge on any atom is 0.341 e. The normalized spacial score (nSPS) is 10.9. The van der Waals surface area contributed by atoms with Gasteiger partial charge in [-0.3, -0.25) is 4.79 Å². The molecule has 1 heterocycles. The number of unbranched alkanes of at least 4 members (excludes halogenated alkanes) is 5. The number of rotatable bonds is 10. The van der Waals surface area contributed by atoms with Crippen LogP contribution in [0.4, 0.5) is 0 Å². The van der Waals surface area contributed by atoms with Crippen LogP contribution in [0, 0.1) is 0 Å². The Morgan fingerprint density at radius 1 is 1.04 bits per heavy atom. The minimum Gasteiger partial charge on any atom is -0.493 e. The molecule has 0 aliphatic rings. The molecule has 0 unspecified atom stereocenters. The lowest BCUT2D eigenvalue weighted by molar-refractivity contribution is 0.0695. The second-order valence-electron chi connectivity index (χ2n) is 6.36. The SMILES string of the molecule is CCCCCCCCn1cc(C(=O)O)c(=O)c2cc(OC)c(OC)cc21. The lowest BCUT2D eigenvalue weighted by Gasteiger charge is -2.15. The molecule has 0 bridgehead atoms. The number of carbonyl (C=O) groups is 1. The molecule has 2 aromatic rings. The van der Waals surface area contributed by atoms with Crippen molar-refractivity contribution < 1.29 is 19.4 Å². The fourth-order valence-electron chi connectivity index (χ4n) is 3.12. The molecule has 0 spiro atoms. The van der Waals surface area contributed by atoms with Crippen LogP contribution in [0.2, 0.25) is 0 Å². The summed E-state index contributed by atoms with van der Waals surface area (Å²) < 4.78 is 12.4. The van der Waals surface area contributed by atoms with Crippen LogP contribution in [0.1, 0.15) is 55.8 Å². The molecule has 1 N–H and O–H groups in total. The average Bonchev–Trinajstić information content (AvgIpc) is 2.64. The summed E-state index contributed by atoms with van der Waals surface area (Å²) in [6, 6.07) is 3.29. The van der Waals surface area contributed by atoms with E-state index in [1.807, 2.05) is 4.57 Å². The number of aromatic carboxylic acids is 1. The number of aryl methyl sites for hydroxylation is 1. The molecule has 0 radical (unpaired) electrons. The van der Waals surface area contributed by atoms with Crippen LogP contribution in [0.3, 0.4) is 0 Å². The van der Waals surface area contributed by atoms with Gasteiger partial charge in [0.25, 0.3) is 0 Å². The van der Waals surface area contributed by atoms with E-state index in [0.29, 0.717) is 28.9 Å². The molecular formula is C20H27NO5. The fourth-order valence-corrected chi connectivity index (χ4v) is 3.12. The van der Waals surface area contributed by atoms with Crippen LogP contribution < -0.4 is 14.9 Å². The van der Waals surface area contributed by atoms with E-state index in [1.54, 1.807) is 12.1 Å². The van der Waals surface area contributed by atoms with E-state index in [4.69, 9.17) is 9.47 Å². The highest BCUT2D eigenvalue weighted by molar-refractivity contribution is 5.93. The molecule has 0 saturated heterocycles. The van der Waals surface area contributed by atoms with Crippen molar-refractivity contribution in [2.24, 2.45) is 0 Å². The first-order valence-electron chi connectivity index (χ1n) is 9.06. The molecule has 26 heavy (non-hydrogen) atoms. The van der Waals surface area contributed by atoms with Crippen LogP contribution in [0.15, 0.2) is 23.1 Å². The molecule has 0 fully saturated rings. The van der Waals surface area contributed by atoms with Gasteiger partial charge in [0.05, 0.1) is 25.1 Å². The van der Waals surface area contributed by atoms with E-state index in [2.05, 4.69) is 6.92 Å². The summed E-state index contributed by atoms with van der Waals surface area (Å²) in [4.78, 5) is 24.0. The Labute approximate surface area is 153 Å². The maximum absolute atomic E-state index is 12.5. The molecule has 2 rings (SSSR count). The summed E-state index contributed by atoms with van der Waals surface area (Å²) in [6.45, 7) is 2.83. The zero-order valence-electron chi connectivity index (χ0n) is 15.7. The van der Waals surface area contributed by atoms with Gasteiger partial charge in [0, 0.05) is 18.8 Å². The Morgan fingerprint density at radius 2 is 1.65 bits per heavy atom. The van der Waals surface area contributed by atoms with Crippen molar-refractivity contribution in [1.82, 2.24) is 4.57 Å². The summed E-state index contributed by atoms with van der Waals surface area (Å²) in [5, 5.41) is 9.70. The van der Waals surface area contributed by atoms with Gasteiger partial charge in [-0.15, -0.1) is 0 Å². The van der Waals surface area contributed by atoms with Gasteiger partial charge in [-0.25, -0.2) is 4.79 Å². The molecule has 0 aliphatic carbocycles. The summed E-state index contributed by atoms with van der Waals surface area (Å²) in [6.07, 6.45) is 8.25. The van der Waals surface area contributed by atoms with Crippen molar-refractivity contribution in [3.8, 4) is 11.5 Å². The highest BCUT2D eigenvalue weighted by Crippen LogP contribution is 2.31. The van der Waals surface area contributed by atoms with Gasteiger partial charge in [0.15, 0.2) is 11.5 Å². The average molecular weight is 361 g/mol. The van der Waals surface area contributed by atoms with Crippen molar-refractivity contribution in [2.45, 2.75) is 52.0 Å². The molecular weight excluding hydrogens is 334 g/mol. The molecule has 1 aromatic heterocycles. The minimum atomic E-state index is -1.22. The molecule has 0 amide bonds. The van der Waals surface area contributed by atoms with Gasteiger partial charge in [0.2, 0.25) is 5.43 Å². The number of methoxy groups -OCH3 is 2. The second kappa shape index (κ2) is 9.27. The summed E-state index contributed by atoms with van der Waals surface area (Å²) in [5.41, 5.74) is -0.0745. The topological polar surface area (TPSA) is 77.8 Å². The third-order valence-corrected chi connectivity index (χ3v) is 4.57. The van der Waals surface area contributed by atoms with Gasteiger partial charge >= 0.3 is 5.97 Å². The Balaban J connectivity index is 2.41. The Bertz CT molecular complexity index is 825. The van der Waals surface area contributed by atoms with E-state index in [0.717, 1.165) is 19.3 Å². The number of aromatic nitrogens is 1. The number of fused-ring (bicyclic) bond motifs is 1. The largest absolute Gasteiger partial charge is 0.493 e. The predicted octanol–water partition coefficient (Wildman–Crippen LogP) is 4.08. The molecule has 6 nitrogen and oxygen atoms in total. The van der Waals surface area contributed by atoms with Gasteiger partial charge < -0.3 is 19.1 Å². The van der Waals surface area contributed by atoms with Crippen molar-refractivity contribution >= 4 is 16.9 Å². The standard InChI is InChI=1S/C20H27NO5/c1-4-5-6-7-8-9-10-21-13-15(20(23)24)19(22)14-11-17(25-2)18(26-3)12-16(14)21/h11-13H,4-10H2,1-3H3,(H,23,24). The Morgan fingerprint density at radius 3 is 2.27 bits per heavy atom. The number of carboxylic acid groups (broad SMARTS) is 1. The minimum absolute atomic E-state index is 0.226. The number of benzene rings is 1. The first-order valence-corrected chi connectivity index (χ1v) is 9.06. The molecule has 6 heteroatoms. The van der Waals surface area contributed by atoms with Gasteiger partial charge in [-0.05, 0) is 12.5 Å². The van der Waals surface area contributed by atoms with E-state index in [9.17, 15) is 14.7 Å². The molecule has 1 aromatic carbocycles. The molecule has 0 atom stereocenters. The van der Waals surface area contributed by atoms with Crippen molar-refractivity contribution in [3.63, 3.8) is 0 Å². The Kier molecular flexibility index (Phi) is 7.06. The number of hydrogen-bond donors (Lipinski definition) is 1. The van der Waals surface area contributed by atoms with Crippen LogP contribution in [0.5, 0.6) is 11.5 Å². The predicted molar refractivity (Wildman–Crippen MR) is 102 cm³/mol. The quantitative estimate of drug-likeness (QED) is 0.645. The lowest BCUT2D eigenvalue weighted by atomic mass is 10.1. The van der Waals surface area contributed by atoms with Crippen molar-refractivity contribution in [2.75, 3.05) is 14.2 Å². The molecule has 142 valence electrons. The van der Waals surface area contributed by atoms with E-state index in [1.165, 1.54) is 39.7 Å². The third-order valence-electron chi connectivity index (χ3n) is 4.57. The number of ether oxygens (including phenoxy) is 2.